The lowest BCUT2D eigenvalue weighted by atomic mass is 10.0. The molecule has 4 nitrogen and oxygen atoms in total. The minimum absolute atomic E-state index is 0.222. The van der Waals surface area contributed by atoms with Gasteiger partial charge in [0.25, 0.3) is 0 Å². The zero-order valence-electron chi connectivity index (χ0n) is 15.6. The van der Waals surface area contributed by atoms with E-state index in [1.54, 1.807) is 0 Å². The van der Waals surface area contributed by atoms with Crippen molar-refractivity contribution in [2.45, 2.75) is 6.54 Å². The highest BCUT2D eigenvalue weighted by Gasteiger charge is 2.02. The van der Waals surface area contributed by atoms with E-state index in [1.165, 1.54) is 5.39 Å². The standard InChI is InChI=1S/C23H23N3O/c1-26(2)21-14-12-18(13-15-21)7-6-16-24-23(27)25-17-20-10-5-9-19-8-3-4-11-22(19)20/h3-5,8-15H,16-17H2,1-2H3,(H2,24,25,27). The van der Waals surface area contributed by atoms with E-state index in [0.29, 0.717) is 13.1 Å². The van der Waals surface area contributed by atoms with Crippen molar-refractivity contribution in [1.29, 1.82) is 0 Å². The zero-order valence-corrected chi connectivity index (χ0v) is 15.6. The summed E-state index contributed by atoms with van der Waals surface area (Å²) in [6, 6.07) is 22.0. The van der Waals surface area contributed by atoms with E-state index in [9.17, 15) is 4.79 Å². The van der Waals surface area contributed by atoms with Gasteiger partial charge in [0, 0.05) is 31.9 Å². The van der Waals surface area contributed by atoms with Crippen molar-refractivity contribution in [3.05, 3.63) is 77.9 Å². The van der Waals surface area contributed by atoms with Gasteiger partial charge in [0.1, 0.15) is 0 Å². The van der Waals surface area contributed by atoms with Crippen LogP contribution in [0.1, 0.15) is 11.1 Å². The number of rotatable bonds is 4. The Hall–Kier alpha value is -3.45. The normalized spacial score (nSPS) is 10.0. The number of fused-ring (bicyclic) bond motifs is 1. The average Bonchev–Trinajstić information content (AvgIpc) is 2.70. The predicted molar refractivity (Wildman–Crippen MR) is 112 cm³/mol. The Labute approximate surface area is 160 Å². The van der Waals surface area contributed by atoms with Gasteiger partial charge in [0.15, 0.2) is 0 Å². The molecule has 0 radical (unpaired) electrons. The number of hydrogen-bond acceptors (Lipinski definition) is 2. The van der Waals surface area contributed by atoms with Crippen LogP contribution in [0, 0.1) is 11.8 Å². The molecule has 3 aromatic carbocycles. The second-order valence-corrected chi connectivity index (χ2v) is 6.42. The third kappa shape index (κ3) is 5.02. The van der Waals surface area contributed by atoms with Crippen LogP contribution in [0.4, 0.5) is 10.5 Å². The number of anilines is 1. The smallest absolute Gasteiger partial charge is 0.315 e. The van der Waals surface area contributed by atoms with Crippen LogP contribution in [0.25, 0.3) is 10.8 Å². The second-order valence-electron chi connectivity index (χ2n) is 6.42. The van der Waals surface area contributed by atoms with Crippen LogP contribution >= 0.6 is 0 Å². The van der Waals surface area contributed by atoms with E-state index >= 15 is 0 Å². The van der Waals surface area contributed by atoms with Crippen molar-refractivity contribution in [1.82, 2.24) is 10.6 Å². The molecule has 0 aliphatic heterocycles. The average molecular weight is 357 g/mol. The molecule has 0 bridgehead atoms. The molecule has 2 N–H and O–H groups in total. The fourth-order valence-electron chi connectivity index (χ4n) is 2.80. The summed E-state index contributed by atoms with van der Waals surface area (Å²) in [5, 5.41) is 7.98. The maximum absolute atomic E-state index is 12.0. The summed E-state index contributed by atoms with van der Waals surface area (Å²) < 4.78 is 0. The summed E-state index contributed by atoms with van der Waals surface area (Å²) in [6.45, 7) is 0.781. The van der Waals surface area contributed by atoms with Crippen molar-refractivity contribution < 1.29 is 4.79 Å². The monoisotopic (exact) mass is 357 g/mol. The molecule has 2 amide bonds. The summed E-state index contributed by atoms with van der Waals surface area (Å²) in [4.78, 5) is 14.0. The fourth-order valence-corrected chi connectivity index (χ4v) is 2.80. The molecular weight excluding hydrogens is 334 g/mol. The molecule has 0 aliphatic rings. The van der Waals surface area contributed by atoms with Crippen LogP contribution in [-0.2, 0) is 6.54 Å². The molecular formula is C23H23N3O. The number of urea groups is 1. The Morgan fingerprint density at radius 2 is 1.67 bits per heavy atom. The van der Waals surface area contributed by atoms with Gasteiger partial charge in [-0.25, -0.2) is 4.79 Å². The molecule has 0 saturated carbocycles. The van der Waals surface area contributed by atoms with E-state index < -0.39 is 0 Å². The van der Waals surface area contributed by atoms with Crippen LogP contribution < -0.4 is 15.5 Å². The van der Waals surface area contributed by atoms with Gasteiger partial charge in [0.05, 0.1) is 6.54 Å². The van der Waals surface area contributed by atoms with Gasteiger partial charge in [-0.3, -0.25) is 0 Å². The SMILES string of the molecule is CN(C)c1ccc(C#CCNC(=O)NCc2cccc3ccccc23)cc1. The molecule has 0 spiro atoms. The van der Waals surface area contributed by atoms with Crippen LogP contribution in [0.15, 0.2) is 66.7 Å². The molecule has 0 saturated heterocycles. The highest BCUT2D eigenvalue weighted by molar-refractivity contribution is 5.86. The summed E-state index contributed by atoms with van der Waals surface area (Å²) in [6.07, 6.45) is 0. The minimum Gasteiger partial charge on any atom is -0.378 e. The van der Waals surface area contributed by atoms with Crippen molar-refractivity contribution in [3.63, 3.8) is 0 Å². The Bertz CT molecular complexity index is 976. The predicted octanol–water partition coefficient (Wildman–Crippen LogP) is 3.76. The molecule has 4 heteroatoms. The molecule has 3 rings (SSSR count). The van der Waals surface area contributed by atoms with E-state index in [1.807, 2.05) is 67.5 Å². The highest BCUT2D eigenvalue weighted by atomic mass is 16.2. The minimum atomic E-state index is -0.222. The third-order valence-corrected chi connectivity index (χ3v) is 4.27. The summed E-state index contributed by atoms with van der Waals surface area (Å²) in [7, 11) is 4.00. The Kier molecular flexibility index (Phi) is 5.96. The van der Waals surface area contributed by atoms with Crippen LogP contribution in [0.2, 0.25) is 0 Å². The maximum atomic E-state index is 12.0. The van der Waals surface area contributed by atoms with Gasteiger partial charge in [-0.2, -0.15) is 0 Å². The van der Waals surface area contributed by atoms with Crippen LogP contribution in [0.3, 0.4) is 0 Å². The van der Waals surface area contributed by atoms with Crippen LogP contribution in [0.5, 0.6) is 0 Å². The number of carbonyl (C=O) groups is 1. The molecule has 0 unspecified atom stereocenters. The summed E-state index contributed by atoms with van der Waals surface area (Å²) >= 11 is 0. The van der Waals surface area contributed by atoms with Gasteiger partial charge in [-0.15, -0.1) is 0 Å². The topological polar surface area (TPSA) is 44.4 Å². The first-order valence-corrected chi connectivity index (χ1v) is 8.88. The van der Waals surface area contributed by atoms with Gasteiger partial charge < -0.3 is 15.5 Å². The number of carbonyl (C=O) groups excluding carboxylic acids is 1. The third-order valence-electron chi connectivity index (χ3n) is 4.27. The molecule has 0 atom stereocenters. The van der Waals surface area contributed by atoms with E-state index in [4.69, 9.17) is 0 Å². The number of nitrogens with zero attached hydrogens (tertiary/aromatic N) is 1. The molecule has 0 heterocycles. The maximum Gasteiger partial charge on any atom is 0.315 e. The van der Waals surface area contributed by atoms with E-state index in [-0.39, 0.29) is 6.03 Å². The molecule has 136 valence electrons. The fraction of sp³-hybridized carbons (Fsp3) is 0.174. The molecule has 3 aromatic rings. The lowest BCUT2D eigenvalue weighted by Gasteiger charge is -2.11. The lowest BCUT2D eigenvalue weighted by molar-refractivity contribution is 0.241. The number of nitrogens with one attached hydrogen (secondary N) is 2. The van der Waals surface area contributed by atoms with Gasteiger partial charge in [-0.05, 0) is 40.6 Å². The van der Waals surface area contributed by atoms with Crippen molar-refractivity contribution in [2.75, 3.05) is 25.5 Å². The van der Waals surface area contributed by atoms with Crippen molar-refractivity contribution >= 4 is 22.5 Å². The Balaban J connectivity index is 1.49. The van der Waals surface area contributed by atoms with Gasteiger partial charge in [0.2, 0.25) is 0 Å². The largest absolute Gasteiger partial charge is 0.378 e. The first-order valence-electron chi connectivity index (χ1n) is 8.88. The number of hydrogen-bond donors (Lipinski definition) is 2. The second kappa shape index (κ2) is 8.77. The molecule has 27 heavy (non-hydrogen) atoms. The number of benzene rings is 3. The molecule has 0 fully saturated rings. The van der Waals surface area contributed by atoms with E-state index in [2.05, 4.69) is 40.7 Å². The number of amides is 2. The Morgan fingerprint density at radius 3 is 2.44 bits per heavy atom. The first-order chi connectivity index (χ1) is 13.1. The summed E-state index contributed by atoms with van der Waals surface area (Å²) in [5.74, 6) is 6.03. The first kappa shape index (κ1) is 18.3. The van der Waals surface area contributed by atoms with E-state index in [0.717, 1.165) is 22.2 Å². The molecule has 0 aromatic heterocycles. The summed E-state index contributed by atoms with van der Waals surface area (Å²) in [5.41, 5.74) is 3.15. The van der Waals surface area contributed by atoms with Crippen molar-refractivity contribution in [2.24, 2.45) is 0 Å². The zero-order chi connectivity index (χ0) is 19.1. The molecule has 0 aliphatic carbocycles. The van der Waals surface area contributed by atoms with Crippen molar-refractivity contribution in [3.8, 4) is 11.8 Å². The van der Waals surface area contributed by atoms with Crippen LogP contribution in [-0.4, -0.2) is 26.7 Å². The quantitative estimate of drug-likeness (QED) is 0.699. The van der Waals surface area contributed by atoms with Gasteiger partial charge in [-0.1, -0.05) is 54.3 Å². The highest BCUT2D eigenvalue weighted by Crippen LogP contribution is 2.18. The van der Waals surface area contributed by atoms with Gasteiger partial charge >= 0.3 is 6.03 Å². The Morgan fingerprint density at radius 1 is 0.926 bits per heavy atom. The lowest BCUT2D eigenvalue weighted by Crippen LogP contribution is -2.35.